The molecule has 0 saturated heterocycles. The molecule has 0 saturated carbocycles. The lowest BCUT2D eigenvalue weighted by Gasteiger charge is -2.19. The molecule has 3 heterocycles. The van der Waals surface area contributed by atoms with Crippen molar-refractivity contribution >= 4 is 23.2 Å². The van der Waals surface area contributed by atoms with Gasteiger partial charge in [0.2, 0.25) is 0 Å². The largest absolute Gasteiger partial charge is 0.489 e. The lowest BCUT2D eigenvalue weighted by Crippen LogP contribution is -2.20. The second-order valence-corrected chi connectivity index (χ2v) is 8.66. The molecule has 6 nitrogen and oxygen atoms in total. The highest BCUT2D eigenvalue weighted by Gasteiger charge is 2.34. The smallest absolute Gasteiger partial charge is 0.252 e. The Morgan fingerprint density at radius 1 is 1.03 bits per heavy atom. The van der Waals surface area contributed by atoms with Gasteiger partial charge in [0, 0.05) is 27.9 Å². The molecular weight excluding hydrogens is 467 g/mol. The number of halogens is 2. The van der Waals surface area contributed by atoms with E-state index < -0.39 is 11.9 Å². The van der Waals surface area contributed by atoms with Crippen LogP contribution in [0.15, 0.2) is 85.3 Å². The van der Waals surface area contributed by atoms with E-state index in [4.69, 9.17) is 16.3 Å². The quantitative estimate of drug-likeness (QED) is 0.352. The van der Waals surface area contributed by atoms with E-state index >= 15 is 0 Å². The summed E-state index contributed by atoms with van der Waals surface area (Å²) in [7, 11) is 0. The Balaban J connectivity index is 1.50. The first-order valence-corrected chi connectivity index (χ1v) is 11.3. The number of nitrogens with one attached hydrogen (secondary N) is 1. The van der Waals surface area contributed by atoms with Gasteiger partial charge < -0.3 is 10.1 Å². The van der Waals surface area contributed by atoms with Crippen LogP contribution in [0.4, 0.5) is 4.39 Å². The fourth-order valence-corrected chi connectivity index (χ4v) is 4.67. The summed E-state index contributed by atoms with van der Waals surface area (Å²) in [6.45, 7) is 0.212. The van der Waals surface area contributed by atoms with E-state index in [0.717, 1.165) is 27.9 Å². The van der Waals surface area contributed by atoms with E-state index in [1.54, 1.807) is 4.52 Å². The predicted octanol–water partition coefficient (Wildman–Crippen LogP) is 5.60. The Morgan fingerprint density at radius 3 is 2.74 bits per heavy atom. The van der Waals surface area contributed by atoms with Crippen LogP contribution in [0.1, 0.15) is 33.1 Å². The summed E-state index contributed by atoms with van der Waals surface area (Å²) >= 11 is 6.42. The van der Waals surface area contributed by atoms with E-state index in [-0.39, 0.29) is 12.5 Å². The zero-order valence-corrected chi connectivity index (χ0v) is 19.0. The number of fused-ring (bicyclic) bond motifs is 2. The summed E-state index contributed by atoms with van der Waals surface area (Å²) in [6, 6.07) is 20.6. The SMILES string of the molecule is O=C1NC(c2cc(F)ccc2Cl)c2c(COc3ccccc3)cc(-c3ccc4ncnn4c3)cc21. The van der Waals surface area contributed by atoms with Crippen LogP contribution in [0.5, 0.6) is 5.75 Å². The molecule has 172 valence electrons. The number of pyridine rings is 1. The highest BCUT2D eigenvalue weighted by atomic mass is 35.5. The highest BCUT2D eigenvalue weighted by Crippen LogP contribution is 2.39. The molecule has 0 aliphatic carbocycles. The number of benzene rings is 3. The number of amides is 1. The van der Waals surface area contributed by atoms with Gasteiger partial charge in [0.1, 0.15) is 24.5 Å². The average molecular weight is 485 g/mol. The van der Waals surface area contributed by atoms with Gasteiger partial charge in [-0.3, -0.25) is 4.79 Å². The van der Waals surface area contributed by atoms with Gasteiger partial charge in [-0.2, -0.15) is 5.10 Å². The van der Waals surface area contributed by atoms with Crippen LogP contribution >= 0.6 is 11.6 Å². The number of aromatic nitrogens is 3. The summed E-state index contributed by atoms with van der Waals surface area (Å²) in [4.78, 5) is 17.3. The van der Waals surface area contributed by atoms with Gasteiger partial charge in [-0.1, -0.05) is 29.8 Å². The molecule has 8 heteroatoms. The zero-order valence-electron chi connectivity index (χ0n) is 18.3. The Labute approximate surface area is 205 Å². The summed E-state index contributed by atoms with van der Waals surface area (Å²) in [6.07, 6.45) is 3.35. The van der Waals surface area contributed by atoms with Crippen molar-refractivity contribution in [1.29, 1.82) is 0 Å². The molecule has 0 bridgehead atoms. The first kappa shape index (κ1) is 21.3. The molecular formula is C27H18ClFN4O2. The molecule has 6 rings (SSSR count). The van der Waals surface area contributed by atoms with Gasteiger partial charge in [-0.25, -0.2) is 13.9 Å². The number of carbonyl (C=O) groups excluding carboxylic acids is 1. The predicted molar refractivity (Wildman–Crippen MR) is 130 cm³/mol. The third-order valence-electron chi connectivity index (χ3n) is 6.09. The number of hydrogen-bond acceptors (Lipinski definition) is 4. The standard InChI is InChI=1S/C27H18ClFN4O2/c28-23-8-7-19(29)12-21(23)26-25-18(14-35-20-4-2-1-3-5-20)10-17(11-22(25)27(34)32-26)16-6-9-24-30-15-31-33(24)13-16/h1-13,15,26H,14H2,(H,32,34). The molecule has 5 aromatic rings. The van der Waals surface area contributed by atoms with Gasteiger partial charge in [0.05, 0.1) is 6.04 Å². The molecule has 2 aromatic heterocycles. The number of para-hydroxylation sites is 1. The van der Waals surface area contributed by atoms with Crippen molar-refractivity contribution in [2.45, 2.75) is 12.6 Å². The minimum absolute atomic E-state index is 0.212. The number of nitrogens with zero attached hydrogens (tertiary/aromatic N) is 3. The fourth-order valence-electron chi connectivity index (χ4n) is 4.44. The zero-order chi connectivity index (χ0) is 23.9. The number of hydrogen-bond donors (Lipinski definition) is 1. The van der Waals surface area contributed by atoms with Crippen molar-refractivity contribution in [3.05, 3.63) is 118 Å². The maximum Gasteiger partial charge on any atom is 0.252 e. The van der Waals surface area contributed by atoms with Crippen LogP contribution < -0.4 is 10.1 Å². The first-order valence-electron chi connectivity index (χ1n) is 11.0. The van der Waals surface area contributed by atoms with Crippen LogP contribution in [0.2, 0.25) is 5.02 Å². The fraction of sp³-hybridized carbons (Fsp3) is 0.0741. The molecule has 0 fully saturated rings. The van der Waals surface area contributed by atoms with Crippen LogP contribution in [-0.4, -0.2) is 20.5 Å². The normalized spacial score (nSPS) is 14.7. The third-order valence-corrected chi connectivity index (χ3v) is 6.43. The number of rotatable bonds is 5. The van der Waals surface area contributed by atoms with Crippen molar-refractivity contribution < 1.29 is 13.9 Å². The molecule has 1 aliphatic rings. The topological polar surface area (TPSA) is 68.5 Å². The third kappa shape index (κ3) is 3.90. The van der Waals surface area contributed by atoms with Crippen molar-refractivity contribution in [2.24, 2.45) is 0 Å². The molecule has 1 N–H and O–H groups in total. The maximum atomic E-state index is 14.1. The van der Waals surface area contributed by atoms with Gasteiger partial charge in [0.15, 0.2) is 5.65 Å². The molecule has 1 atom stereocenters. The molecule has 0 spiro atoms. The van der Waals surface area contributed by atoms with Crippen molar-refractivity contribution in [3.8, 4) is 16.9 Å². The van der Waals surface area contributed by atoms with Crippen LogP contribution in [0.25, 0.3) is 16.8 Å². The van der Waals surface area contributed by atoms with Gasteiger partial charge in [-0.15, -0.1) is 0 Å². The van der Waals surface area contributed by atoms with Crippen LogP contribution in [0, 0.1) is 5.82 Å². The highest BCUT2D eigenvalue weighted by molar-refractivity contribution is 6.31. The van der Waals surface area contributed by atoms with E-state index in [1.165, 1.54) is 24.5 Å². The lowest BCUT2D eigenvalue weighted by molar-refractivity contribution is 0.0960. The second kappa shape index (κ2) is 8.52. The van der Waals surface area contributed by atoms with Crippen molar-refractivity contribution in [1.82, 2.24) is 19.9 Å². The molecule has 1 aliphatic heterocycles. The monoisotopic (exact) mass is 484 g/mol. The average Bonchev–Trinajstić information content (AvgIpc) is 3.48. The van der Waals surface area contributed by atoms with Gasteiger partial charge in [-0.05, 0) is 71.3 Å². The van der Waals surface area contributed by atoms with Crippen LogP contribution in [-0.2, 0) is 6.61 Å². The van der Waals surface area contributed by atoms with Crippen molar-refractivity contribution in [2.75, 3.05) is 0 Å². The summed E-state index contributed by atoms with van der Waals surface area (Å²) in [5.41, 5.74) is 4.93. The minimum Gasteiger partial charge on any atom is -0.489 e. The first-order chi connectivity index (χ1) is 17.1. The van der Waals surface area contributed by atoms with E-state index in [2.05, 4.69) is 15.4 Å². The minimum atomic E-state index is -0.595. The Kier molecular flexibility index (Phi) is 5.19. The molecule has 0 radical (unpaired) electrons. The summed E-state index contributed by atoms with van der Waals surface area (Å²) < 4.78 is 21.9. The summed E-state index contributed by atoms with van der Waals surface area (Å²) in [5, 5.41) is 7.56. The Morgan fingerprint density at radius 2 is 1.89 bits per heavy atom. The molecule has 1 unspecified atom stereocenters. The Hall–Kier alpha value is -4.23. The molecule has 1 amide bonds. The van der Waals surface area contributed by atoms with E-state index in [9.17, 15) is 9.18 Å². The van der Waals surface area contributed by atoms with Crippen LogP contribution in [0.3, 0.4) is 0 Å². The maximum absolute atomic E-state index is 14.1. The van der Waals surface area contributed by atoms with Crippen molar-refractivity contribution in [3.63, 3.8) is 0 Å². The Bertz CT molecular complexity index is 1590. The molecule has 3 aromatic carbocycles. The van der Waals surface area contributed by atoms with Gasteiger partial charge >= 0.3 is 0 Å². The van der Waals surface area contributed by atoms with E-state index in [1.807, 2.05) is 60.8 Å². The van der Waals surface area contributed by atoms with E-state index in [0.29, 0.717) is 21.9 Å². The molecule has 35 heavy (non-hydrogen) atoms. The summed E-state index contributed by atoms with van der Waals surface area (Å²) in [5.74, 6) is 0.0234. The number of ether oxygens (including phenoxy) is 1. The van der Waals surface area contributed by atoms with Gasteiger partial charge in [0.25, 0.3) is 5.91 Å². The second-order valence-electron chi connectivity index (χ2n) is 8.25. The number of carbonyl (C=O) groups is 1. The lowest BCUT2D eigenvalue weighted by atomic mass is 9.90.